The average Bonchev–Trinajstić information content (AvgIpc) is 2.35. The minimum absolute atomic E-state index is 0.990. The number of aromatic nitrogens is 1. The molecule has 2 aromatic rings. The van der Waals surface area contributed by atoms with E-state index in [2.05, 4.69) is 54.9 Å². The van der Waals surface area contributed by atoms with Crippen LogP contribution < -0.4 is 0 Å². The van der Waals surface area contributed by atoms with Crippen LogP contribution >= 0.6 is 0 Å². The van der Waals surface area contributed by atoms with Gasteiger partial charge >= 0.3 is 0 Å². The molecule has 0 saturated heterocycles. The van der Waals surface area contributed by atoms with Crippen molar-refractivity contribution in [1.82, 2.24) is 9.88 Å². The fourth-order valence-electron chi connectivity index (χ4n) is 2.09. The van der Waals surface area contributed by atoms with Crippen LogP contribution in [0.2, 0.25) is 0 Å². The third kappa shape index (κ3) is 2.83. The summed E-state index contributed by atoms with van der Waals surface area (Å²) in [5.74, 6) is 0. The zero-order chi connectivity index (χ0) is 12.3. The van der Waals surface area contributed by atoms with Gasteiger partial charge < -0.3 is 0 Å². The van der Waals surface area contributed by atoms with Gasteiger partial charge in [0.2, 0.25) is 0 Å². The van der Waals surface area contributed by atoms with Crippen LogP contribution in [0.3, 0.4) is 0 Å². The lowest BCUT2D eigenvalue weighted by Gasteiger charge is -2.17. The Hall–Kier alpha value is -1.41. The van der Waals surface area contributed by atoms with Gasteiger partial charge in [0.1, 0.15) is 0 Å². The average molecular weight is 228 g/mol. The predicted molar refractivity (Wildman–Crippen MR) is 73.1 cm³/mol. The summed E-state index contributed by atoms with van der Waals surface area (Å²) in [6.07, 6.45) is 2.00. The normalized spacial score (nSPS) is 11.3. The van der Waals surface area contributed by atoms with Crippen molar-refractivity contribution < 1.29 is 0 Å². The lowest BCUT2D eigenvalue weighted by atomic mass is 10.1. The molecule has 0 unspecified atom stereocenters. The molecule has 0 N–H and O–H groups in total. The molecule has 0 saturated carbocycles. The Labute approximate surface area is 103 Å². The number of benzene rings is 1. The van der Waals surface area contributed by atoms with Crippen molar-refractivity contribution in [2.75, 3.05) is 13.1 Å². The van der Waals surface area contributed by atoms with Gasteiger partial charge in [-0.05, 0) is 43.8 Å². The molecular weight excluding hydrogens is 208 g/mol. The first-order chi connectivity index (χ1) is 8.22. The number of fused-ring (bicyclic) bond motifs is 1. The Bertz CT molecular complexity index is 501. The van der Waals surface area contributed by atoms with E-state index in [1.54, 1.807) is 0 Å². The topological polar surface area (TPSA) is 16.1 Å². The zero-order valence-electron chi connectivity index (χ0n) is 10.9. The second-order valence-electron chi connectivity index (χ2n) is 4.50. The number of pyridine rings is 1. The minimum Gasteiger partial charge on any atom is -0.300 e. The van der Waals surface area contributed by atoms with Gasteiger partial charge in [-0.15, -0.1) is 0 Å². The maximum Gasteiger partial charge on any atom is 0.0702 e. The van der Waals surface area contributed by atoms with Crippen LogP contribution in [0.15, 0.2) is 30.5 Å². The monoisotopic (exact) mass is 228 g/mol. The fourth-order valence-corrected chi connectivity index (χ4v) is 2.09. The first kappa shape index (κ1) is 12.1. The van der Waals surface area contributed by atoms with Gasteiger partial charge in [0.25, 0.3) is 0 Å². The van der Waals surface area contributed by atoms with Gasteiger partial charge in [-0.25, -0.2) is 0 Å². The summed E-state index contributed by atoms with van der Waals surface area (Å²) in [4.78, 5) is 6.92. The van der Waals surface area contributed by atoms with Crippen molar-refractivity contribution in [1.29, 1.82) is 0 Å². The van der Waals surface area contributed by atoms with E-state index in [0.717, 1.165) is 25.2 Å². The Morgan fingerprint density at radius 2 is 1.88 bits per heavy atom. The summed E-state index contributed by atoms with van der Waals surface area (Å²) < 4.78 is 0. The van der Waals surface area contributed by atoms with Crippen LogP contribution in [0, 0.1) is 6.92 Å². The van der Waals surface area contributed by atoms with Crippen LogP contribution in [0.25, 0.3) is 10.9 Å². The Morgan fingerprint density at radius 3 is 2.59 bits per heavy atom. The Balaban J connectivity index is 2.30. The highest BCUT2D eigenvalue weighted by molar-refractivity contribution is 5.79. The number of aryl methyl sites for hydroxylation is 1. The second kappa shape index (κ2) is 5.28. The summed E-state index contributed by atoms with van der Waals surface area (Å²) in [5.41, 5.74) is 3.67. The van der Waals surface area contributed by atoms with Crippen LogP contribution in [-0.4, -0.2) is 23.0 Å². The SMILES string of the molecule is CCN(CC)Cc1cnc2ccc(C)cc2c1. The molecule has 0 aliphatic rings. The lowest BCUT2D eigenvalue weighted by molar-refractivity contribution is 0.295. The summed E-state index contributed by atoms with van der Waals surface area (Å²) in [5, 5.41) is 1.25. The van der Waals surface area contributed by atoms with Crippen molar-refractivity contribution in [3.8, 4) is 0 Å². The highest BCUT2D eigenvalue weighted by Gasteiger charge is 2.03. The van der Waals surface area contributed by atoms with Crippen molar-refractivity contribution >= 4 is 10.9 Å². The van der Waals surface area contributed by atoms with Gasteiger partial charge in [0.05, 0.1) is 5.52 Å². The van der Waals surface area contributed by atoms with E-state index in [1.807, 2.05) is 6.20 Å². The summed E-state index contributed by atoms with van der Waals surface area (Å²) in [7, 11) is 0. The standard InChI is InChI=1S/C15H20N2/c1-4-17(5-2)11-13-9-14-8-12(3)6-7-15(14)16-10-13/h6-10H,4-5,11H2,1-3H3. The molecule has 0 aliphatic heterocycles. The first-order valence-corrected chi connectivity index (χ1v) is 6.30. The molecule has 17 heavy (non-hydrogen) atoms. The van der Waals surface area contributed by atoms with Gasteiger partial charge in [-0.1, -0.05) is 25.5 Å². The van der Waals surface area contributed by atoms with Gasteiger partial charge in [0.15, 0.2) is 0 Å². The molecule has 0 radical (unpaired) electrons. The quantitative estimate of drug-likeness (QED) is 0.797. The second-order valence-corrected chi connectivity index (χ2v) is 4.50. The van der Waals surface area contributed by atoms with E-state index in [9.17, 15) is 0 Å². The number of hydrogen-bond acceptors (Lipinski definition) is 2. The van der Waals surface area contributed by atoms with Gasteiger partial charge in [0, 0.05) is 18.1 Å². The molecule has 0 spiro atoms. The summed E-state index contributed by atoms with van der Waals surface area (Å²) >= 11 is 0. The largest absolute Gasteiger partial charge is 0.300 e. The molecule has 2 nitrogen and oxygen atoms in total. The van der Waals surface area contributed by atoms with E-state index in [-0.39, 0.29) is 0 Å². The van der Waals surface area contributed by atoms with Gasteiger partial charge in [-0.2, -0.15) is 0 Å². The smallest absolute Gasteiger partial charge is 0.0702 e. The molecule has 1 heterocycles. The van der Waals surface area contributed by atoms with Crippen molar-refractivity contribution in [2.24, 2.45) is 0 Å². The Morgan fingerprint density at radius 1 is 1.12 bits per heavy atom. The molecule has 0 amide bonds. The highest BCUT2D eigenvalue weighted by Crippen LogP contribution is 2.16. The van der Waals surface area contributed by atoms with E-state index in [4.69, 9.17) is 0 Å². The van der Waals surface area contributed by atoms with E-state index in [0.29, 0.717) is 0 Å². The maximum atomic E-state index is 4.52. The van der Waals surface area contributed by atoms with E-state index in [1.165, 1.54) is 16.5 Å². The first-order valence-electron chi connectivity index (χ1n) is 6.30. The molecule has 0 atom stereocenters. The molecule has 0 fully saturated rings. The third-order valence-corrected chi connectivity index (χ3v) is 3.19. The van der Waals surface area contributed by atoms with Crippen LogP contribution in [-0.2, 0) is 6.54 Å². The van der Waals surface area contributed by atoms with Crippen LogP contribution in [0.5, 0.6) is 0 Å². The third-order valence-electron chi connectivity index (χ3n) is 3.19. The highest BCUT2D eigenvalue weighted by atomic mass is 15.1. The minimum atomic E-state index is 0.990. The lowest BCUT2D eigenvalue weighted by Crippen LogP contribution is -2.22. The molecule has 2 rings (SSSR count). The molecule has 0 aliphatic carbocycles. The molecule has 1 aromatic carbocycles. The van der Waals surface area contributed by atoms with Crippen molar-refractivity contribution in [3.63, 3.8) is 0 Å². The molecule has 0 bridgehead atoms. The van der Waals surface area contributed by atoms with Crippen molar-refractivity contribution in [2.45, 2.75) is 27.3 Å². The van der Waals surface area contributed by atoms with E-state index >= 15 is 0 Å². The maximum absolute atomic E-state index is 4.52. The number of rotatable bonds is 4. The molecular formula is C15H20N2. The number of hydrogen-bond donors (Lipinski definition) is 0. The molecule has 1 aromatic heterocycles. The summed E-state index contributed by atoms with van der Waals surface area (Å²) in [6.45, 7) is 9.68. The fraction of sp³-hybridized carbons (Fsp3) is 0.400. The predicted octanol–water partition coefficient (Wildman–Crippen LogP) is 3.39. The molecule has 90 valence electrons. The molecule has 2 heteroatoms. The van der Waals surface area contributed by atoms with Crippen molar-refractivity contribution in [3.05, 3.63) is 41.6 Å². The van der Waals surface area contributed by atoms with Gasteiger partial charge in [-0.3, -0.25) is 9.88 Å². The van der Waals surface area contributed by atoms with E-state index < -0.39 is 0 Å². The Kier molecular flexibility index (Phi) is 3.75. The van der Waals surface area contributed by atoms with Crippen LogP contribution in [0.1, 0.15) is 25.0 Å². The van der Waals surface area contributed by atoms with Crippen LogP contribution in [0.4, 0.5) is 0 Å². The zero-order valence-corrected chi connectivity index (χ0v) is 10.9. The number of nitrogens with zero attached hydrogens (tertiary/aromatic N) is 2. The summed E-state index contributed by atoms with van der Waals surface area (Å²) in [6, 6.07) is 8.66.